The summed E-state index contributed by atoms with van der Waals surface area (Å²) in [6, 6.07) is 17.1. The first kappa shape index (κ1) is 16.0. The molecule has 1 atom stereocenters. The van der Waals surface area contributed by atoms with Gasteiger partial charge in [-0.25, -0.2) is 4.98 Å². The first-order valence-electron chi connectivity index (χ1n) is 8.35. The minimum absolute atomic E-state index is 0.175. The minimum atomic E-state index is -0.265. The fraction of sp³-hybridized carbons (Fsp3) is 0.100. The van der Waals surface area contributed by atoms with Crippen LogP contribution < -0.4 is 5.32 Å². The van der Waals surface area contributed by atoms with Crippen LogP contribution in [0.3, 0.4) is 0 Å². The van der Waals surface area contributed by atoms with Gasteiger partial charge in [-0.15, -0.1) is 0 Å². The Morgan fingerprint density at radius 2 is 1.88 bits per heavy atom. The molecule has 3 aromatic heterocycles. The predicted molar refractivity (Wildman–Crippen MR) is 98.5 cm³/mol. The van der Waals surface area contributed by atoms with Crippen molar-refractivity contribution in [2.75, 3.05) is 0 Å². The maximum Gasteiger partial charge on any atom is 0.253 e. The maximum absolute atomic E-state index is 12.7. The number of rotatable bonds is 5. The van der Waals surface area contributed by atoms with Crippen LogP contribution in [0.1, 0.15) is 27.7 Å². The molecule has 6 nitrogen and oxygen atoms in total. The summed E-state index contributed by atoms with van der Waals surface area (Å²) in [5, 5.41) is 11.3. The summed E-state index contributed by atoms with van der Waals surface area (Å²) in [6.07, 6.45) is 5.54. The van der Waals surface area contributed by atoms with Crippen LogP contribution in [0, 0.1) is 0 Å². The summed E-state index contributed by atoms with van der Waals surface area (Å²) >= 11 is 0. The molecular weight excluding hydrogens is 326 g/mol. The number of H-pyrrole nitrogens is 1. The van der Waals surface area contributed by atoms with Crippen molar-refractivity contribution in [3.8, 4) is 0 Å². The molecule has 3 heterocycles. The van der Waals surface area contributed by atoms with E-state index < -0.39 is 0 Å². The number of hydrogen-bond donors (Lipinski definition) is 2. The van der Waals surface area contributed by atoms with E-state index >= 15 is 0 Å². The van der Waals surface area contributed by atoms with E-state index in [9.17, 15) is 4.79 Å². The number of hydrogen-bond acceptors (Lipinski definition) is 4. The molecule has 0 bridgehead atoms. The molecule has 0 aliphatic rings. The topological polar surface area (TPSA) is 83.6 Å². The van der Waals surface area contributed by atoms with Gasteiger partial charge in [0.1, 0.15) is 0 Å². The molecule has 6 heteroatoms. The van der Waals surface area contributed by atoms with Crippen molar-refractivity contribution in [3.05, 3.63) is 90.0 Å². The molecular formula is C20H17N5O. The smallest absolute Gasteiger partial charge is 0.253 e. The van der Waals surface area contributed by atoms with Gasteiger partial charge in [-0.3, -0.25) is 14.9 Å². The van der Waals surface area contributed by atoms with Crippen molar-refractivity contribution in [3.63, 3.8) is 0 Å². The molecule has 0 saturated heterocycles. The van der Waals surface area contributed by atoms with Crippen LogP contribution in [-0.4, -0.2) is 26.1 Å². The molecule has 0 fully saturated rings. The molecule has 0 unspecified atom stereocenters. The highest BCUT2D eigenvalue weighted by Crippen LogP contribution is 2.24. The maximum atomic E-state index is 12.7. The first-order valence-corrected chi connectivity index (χ1v) is 8.35. The molecule has 0 spiro atoms. The van der Waals surface area contributed by atoms with Crippen molar-refractivity contribution in [1.29, 1.82) is 0 Å². The average Bonchev–Trinajstić information content (AvgIpc) is 3.13. The molecule has 1 aromatic carbocycles. The molecule has 0 radical (unpaired) electrons. The van der Waals surface area contributed by atoms with Crippen LogP contribution >= 0.6 is 0 Å². The van der Waals surface area contributed by atoms with Crippen molar-refractivity contribution < 1.29 is 4.79 Å². The quantitative estimate of drug-likeness (QED) is 0.583. The number of aromatic nitrogens is 4. The van der Waals surface area contributed by atoms with E-state index in [-0.39, 0.29) is 11.9 Å². The lowest BCUT2D eigenvalue weighted by atomic mass is 10.0. The predicted octanol–water partition coefficient (Wildman–Crippen LogP) is 3.07. The minimum Gasteiger partial charge on any atom is -0.343 e. The van der Waals surface area contributed by atoms with Crippen molar-refractivity contribution in [1.82, 2.24) is 25.5 Å². The van der Waals surface area contributed by atoms with E-state index in [1.165, 1.54) is 0 Å². The van der Waals surface area contributed by atoms with Gasteiger partial charge in [0, 0.05) is 24.0 Å². The van der Waals surface area contributed by atoms with E-state index in [4.69, 9.17) is 0 Å². The Balaban J connectivity index is 1.68. The number of carbonyl (C=O) groups is 1. The Labute approximate surface area is 150 Å². The van der Waals surface area contributed by atoms with Crippen LogP contribution in [0.5, 0.6) is 0 Å². The number of aromatic amines is 1. The standard InChI is InChI=1S/C20H17N5O/c26-20(15-8-4-10-21-13-15)23-17(12-14-6-2-1-3-7-14)18-16-9-5-11-22-19(16)25-24-18/h1-11,13,17H,12H2,(H,23,26)(H,22,24,25)/t17-/m1/s1. The Hall–Kier alpha value is -3.54. The number of carbonyl (C=O) groups excluding carboxylic acids is 1. The lowest BCUT2D eigenvalue weighted by Crippen LogP contribution is -2.30. The monoisotopic (exact) mass is 343 g/mol. The Morgan fingerprint density at radius 3 is 2.69 bits per heavy atom. The van der Waals surface area contributed by atoms with Gasteiger partial charge in [-0.05, 0) is 36.2 Å². The summed E-state index contributed by atoms with van der Waals surface area (Å²) in [6.45, 7) is 0. The van der Waals surface area contributed by atoms with Gasteiger partial charge in [-0.1, -0.05) is 30.3 Å². The Kier molecular flexibility index (Phi) is 4.38. The number of nitrogens with one attached hydrogen (secondary N) is 2. The number of pyridine rings is 2. The highest BCUT2D eigenvalue weighted by atomic mass is 16.1. The van der Waals surface area contributed by atoms with E-state index in [0.717, 1.165) is 16.6 Å². The summed E-state index contributed by atoms with van der Waals surface area (Å²) in [7, 11) is 0. The van der Waals surface area contributed by atoms with Crippen LogP contribution in [-0.2, 0) is 6.42 Å². The van der Waals surface area contributed by atoms with E-state index in [1.807, 2.05) is 42.5 Å². The van der Waals surface area contributed by atoms with E-state index in [1.54, 1.807) is 30.7 Å². The number of fused-ring (bicyclic) bond motifs is 1. The van der Waals surface area contributed by atoms with Crippen LogP contribution in [0.4, 0.5) is 0 Å². The Morgan fingerprint density at radius 1 is 1.04 bits per heavy atom. The highest BCUT2D eigenvalue weighted by molar-refractivity contribution is 5.94. The van der Waals surface area contributed by atoms with Crippen LogP contribution in [0.2, 0.25) is 0 Å². The SMILES string of the molecule is O=C(N[C@H](Cc1ccccc1)c1[nH]nc2ncccc12)c1cccnc1. The van der Waals surface area contributed by atoms with Crippen LogP contribution in [0.25, 0.3) is 11.0 Å². The van der Waals surface area contributed by atoms with Crippen LogP contribution in [0.15, 0.2) is 73.2 Å². The highest BCUT2D eigenvalue weighted by Gasteiger charge is 2.21. The van der Waals surface area contributed by atoms with Gasteiger partial charge in [0.05, 0.1) is 17.3 Å². The zero-order valence-corrected chi connectivity index (χ0v) is 14.0. The second-order valence-corrected chi connectivity index (χ2v) is 5.97. The largest absolute Gasteiger partial charge is 0.343 e. The van der Waals surface area contributed by atoms with Crippen molar-refractivity contribution in [2.45, 2.75) is 12.5 Å². The third-order valence-electron chi connectivity index (χ3n) is 4.22. The molecule has 0 saturated carbocycles. The first-order chi connectivity index (χ1) is 12.8. The molecule has 0 aliphatic heterocycles. The summed E-state index contributed by atoms with van der Waals surface area (Å²) in [5.41, 5.74) is 3.12. The Bertz CT molecular complexity index is 1010. The van der Waals surface area contributed by atoms with E-state index in [0.29, 0.717) is 17.6 Å². The van der Waals surface area contributed by atoms with Crippen molar-refractivity contribution in [2.24, 2.45) is 0 Å². The molecule has 1 amide bonds. The fourth-order valence-corrected chi connectivity index (χ4v) is 2.95. The molecule has 26 heavy (non-hydrogen) atoms. The molecule has 4 aromatic rings. The zero-order valence-electron chi connectivity index (χ0n) is 14.0. The molecule has 0 aliphatic carbocycles. The molecule has 2 N–H and O–H groups in total. The summed E-state index contributed by atoms with van der Waals surface area (Å²) in [5.74, 6) is -0.175. The third-order valence-corrected chi connectivity index (χ3v) is 4.22. The molecule has 128 valence electrons. The number of nitrogens with zero attached hydrogens (tertiary/aromatic N) is 3. The average molecular weight is 343 g/mol. The fourth-order valence-electron chi connectivity index (χ4n) is 2.95. The normalized spacial score (nSPS) is 12.0. The van der Waals surface area contributed by atoms with Gasteiger partial charge in [0.2, 0.25) is 0 Å². The van der Waals surface area contributed by atoms with Gasteiger partial charge < -0.3 is 5.32 Å². The number of benzene rings is 1. The van der Waals surface area contributed by atoms with E-state index in [2.05, 4.69) is 25.5 Å². The van der Waals surface area contributed by atoms with Crippen molar-refractivity contribution >= 4 is 16.9 Å². The second-order valence-electron chi connectivity index (χ2n) is 5.97. The van der Waals surface area contributed by atoms with Gasteiger partial charge in [-0.2, -0.15) is 5.10 Å². The summed E-state index contributed by atoms with van der Waals surface area (Å²) < 4.78 is 0. The van der Waals surface area contributed by atoms with Gasteiger partial charge in [0.15, 0.2) is 5.65 Å². The molecule has 4 rings (SSSR count). The second kappa shape index (κ2) is 7.14. The third kappa shape index (κ3) is 3.30. The number of amides is 1. The van der Waals surface area contributed by atoms with Gasteiger partial charge in [0.25, 0.3) is 5.91 Å². The summed E-state index contributed by atoms with van der Waals surface area (Å²) in [4.78, 5) is 21.0. The lowest BCUT2D eigenvalue weighted by Gasteiger charge is -2.18. The lowest BCUT2D eigenvalue weighted by molar-refractivity contribution is 0.0935. The zero-order chi connectivity index (χ0) is 17.8. The van der Waals surface area contributed by atoms with Gasteiger partial charge >= 0.3 is 0 Å².